The zero-order chi connectivity index (χ0) is 21.1. The van der Waals surface area contributed by atoms with Crippen molar-refractivity contribution >= 4 is 23.3 Å². The number of carbonyl (C=O) groups is 2. The average Bonchev–Trinajstić information content (AvgIpc) is 3.19. The van der Waals surface area contributed by atoms with Gasteiger partial charge in [0.05, 0.1) is 6.04 Å². The number of rotatable bonds is 5. The summed E-state index contributed by atoms with van der Waals surface area (Å²) in [5.41, 5.74) is 3.54. The van der Waals surface area contributed by atoms with Crippen molar-refractivity contribution in [2.45, 2.75) is 45.7 Å². The molecule has 2 aromatic rings. The van der Waals surface area contributed by atoms with Crippen LogP contribution in [0.1, 0.15) is 47.9 Å². The van der Waals surface area contributed by atoms with Crippen LogP contribution in [0, 0.1) is 6.92 Å². The summed E-state index contributed by atoms with van der Waals surface area (Å²) in [4.78, 5) is 32.7. The van der Waals surface area contributed by atoms with Crippen molar-refractivity contribution in [3.8, 4) is 0 Å². The first kappa shape index (κ1) is 21.4. The maximum atomic E-state index is 13.5. The highest BCUT2D eigenvalue weighted by Gasteiger charge is 2.34. The summed E-state index contributed by atoms with van der Waals surface area (Å²) in [5.74, 6) is 0.00271. The molecule has 0 unspecified atom stereocenters. The predicted molar refractivity (Wildman–Crippen MR) is 118 cm³/mol. The van der Waals surface area contributed by atoms with Gasteiger partial charge in [-0.25, -0.2) is 4.79 Å². The van der Waals surface area contributed by atoms with E-state index in [0.717, 1.165) is 18.4 Å². The van der Waals surface area contributed by atoms with Gasteiger partial charge in [0, 0.05) is 31.6 Å². The van der Waals surface area contributed by atoms with Crippen LogP contribution >= 0.6 is 11.3 Å². The van der Waals surface area contributed by atoms with Crippen molar-refractivity contribution < 1.29 is 9.59 Å². The minimum Gasteiger partial charge on any atom is -0.331 e. The fourth-order valence-corrected chi connectivity index (χ4v) is 4.72. The minimum absolute atomic E-state index is 0.00271. The molecule has 1 aromatic heterocycles. The molecule has 156 valence electrons. The molecule has 29 heavy (non-hydrogen) atoms. The third kappa shape index (κ3) is 4.47. The molecule has 1 aromatic carbocycles. The number of aryl methyl sites for hydroxylation is 1. The number of amides is 3. The molecule has 6 heteroatoms. The van der Waals surface area contributed by atoms with Crippen LogP contribution in [-0.4, -0.2) is 59.9 Å². The number of carbonyl (C=O) groups excluding carboxylic acids is 2. The first-order valence-electron chi connectivity index (χ1n) is 10.2. The quantitative estimate of drug-likeness (QED) is 0.733. The summed E-state index contributed by atoms with van der Waals surface area (Å²) < 4.78 is 0. The molecule has 1 aliphatic heterocycles. The van der Waals surface area contributed by atoms with E-state index < -0.39 is 0 Å². The third-order valence-corrected chi connectivity index (χ3v) is 6.73. The van der Waals surface area contributed by atoms with E-state index in [1.807, 2.05) is 18.7 Å². The third-order valence-electron chi connectivity index (χ3n) is 5.74. The molecular formula is C23H31N3O2S. The highest BCUT2D eigenvalue weighted by Crippen LogP contribution is 2.38. The molecule has 2 heterocycles. The smallest absolute Gasteiger partial charge is 0.320 e. The molecule has 0 saturated heterocycles. The lowest BCUT2D eigenvalue weighted by Crippen LogP contribution is -2.51. The summed E-state index contributed by atoms with van der Waals surface area (Å²) in [5, 5.41) is 2.11. The van der Waals surface area contributed by atoms with Gasteiger partial charge in [-0.2, -0.15) is 0 Å². The highest BCUT2D eigenvalue weighted by molar-refractivity contribution is 7.10. The van der Waals surface area contributed by atoms with Crippen LogP contribution in [0.2, 0.25) is 0 Å². The van der Waals surface area contributed by atoms with Gasteiger partial charge in [-0.1, -0.05) is 36.8 Å². The largest absolute Gasteiger partial charge is 0.331 e. The molecule has 0 spiro atoms. The van der Waals surface area contributed by atoms with Crippen LogP contribution in [0.15, 0.2) is 35.7 Å². The molecule has 0 N–H and O–H groups in total. The average molecular weight is 414 g/mol. The Bertz CT molecular complexity index is 859. The molecule has 3 rings (SSSR count). The second kappa shape index (κ2) is 8.99. The monoisotopic (exact) mass is 413 g/mol. The van der Waals surface area contributed by atoms with Gasteiger partial charge in [0.25, 0.3) is 0 Å². The van der Waals surface area contributed by atoms with Crippen molar-refractivity contribution in [3.05, 3.63) is 57.3 Å². The molecule has 2 atom stereocenters. The van der Waals surface area contributed by atoms with Crippen LogP contribution < -0.4 is 0 Å². The maximum absolute atomic E-state index is 13.5. The predicted octanol–water partition coefficient (Wildman–Crippen LogP) is 4.31. The molecule has 0 fully saturated rings. The van der Waals surface area contributed by atoms with E-state index in [2.05, 4.69) is 42.6 Å². The zero-order valence-electron chi connectivity index (χ0n) is 18.0. The van der Waals surface area contributed by atoms with Gasteiger partial charge in [0.15, 0.2) is 0 Å². The first-order valence-corrected chi connectivity index (χ1v) is 11.1. The van der Waals surface area contributed by atoms with E-state index in [1.165, 1.54) is 16.0 Å². The van der Waals surface area contributed by atoms with E-state index >= 15 is 0 Å². The van der Waals surface area contributed by atoms with Crippen molar-refractivity contribution in [1.82, 2.24) is 14.7 Å². The van der Waals surface area contributed by atoms with Crippen molar-refractivity contribution in [2.24, 2.45) is 0 Å². The van der Waals surface area contributed by atoms with Gasteiger partial charge < -0.3 is 14.7 Å². The Labute approximate surface area is 177 Å². The van der Waals surface area contributed by atoms with Crippen LogP contribution in [0.4, 0.5) is 4.79 Å². The number of thiophene rings is 1. The summed E-state index contributed by atoms with van der Waals surface area (Å²) >= 11 is 1.76. The van der Waals surface area contributed by atoms with Crippen LogP contribution in [0.25, 0.3) is 0 Å². The summed E-state index contributed by atoms with van der Waals surface area (Å²) in [6, 6.07) is 10.4. The van der Waals surface area contributed by atoms with Gasteiger partial charge in [-0.05, 0) is 49.3 Å². The molecule has 5 nitrogen and oxygen atoms in total. The highest BCUT2D eigenvalue weighted by atomic mass is 32.1. The molecule has 1 aliphatic rings. The Kier molecular flexibility index (Phi) is 6.63. The topological polar surface area (TPSA) is 43.9 Å². The molecule has 0 radical (unpaired) electrons. The van der Waals surface area contributed by atoms with Crippen molar-refractivity contribution in [1.29, 1.82) is 0 Å². The van der Waals surface area contributed by atoms with Crippen LogP contribution in [0.3, 0.4) is 0 Å². The SMILES string of the molecule is CC[C@@H](C)N(CC(=O)N1CCc2sccc2[C@H]1c1ccc(C)cc1)C(=O)N(C)C. The van der Waals surface area contributed by atoms with Gasteiger partial charge >= 0.3 is 6.03 Å². The van der Waals surface area contributed by atoms with E-state index in [0.29, 0.717) is 6.54 Å². The van der Waals surface area contributed by atoms with Crippen molar-refractivity contribution in [3.63, 3.8) is 0 Å². The number of benzene rings is 1. The number of urea groups is 1. The lowest BCUT2D eigenvalue weighted by atomic mass is 9.92. The summed E-state index contributed by atoms with van der Waals surface area (Å²) in [6.45, 7) is 6.89. The van der Waals surface area contributed by atoms with Gasteiger partial charge in [-0.3, -0.25) is 4.79 Å². The Morgan fingerprint density at radius 2 is 1.90 bits per heavy atom. The second-order valence-electron chi connectivity index (χ2n) is 8.01. The molecule has 0 aliphatic carbocycles. The zero-order valence-corrected chi connectivity index (χ0v) is 18.8. The Morgan fingerprint density at radius 1 is 1.21 bits per heavy atom. The molecular weight excluding hydrogens is 382 g/mol. The van der Waals surface area contributed by atoms with Crippen LogP contribution in [-0.2, 0) is 11.2 Å². The van der Waals surface area contributed by atoms with Gasteiger partial charge in [0.1, 0.15) is 6.54 Å². The maximum Gasteiger partial charge on any atom is 0.320 e. The van der Waals surface area contributed by atoms with Gasteiger partial charge in [-0.15, -0.1) is 11.3 Å². The Morgan fingerprint density at radius 3 is 2.52 bits per heavy atom. The number of nitrogens with zero attached hydrogens (tertiary/aromatic N) is 3. The summed E-state index contributed by atoms with van der Waals surface area (Å²) in [7, 11) is 3.46. The molecule has 0 saturated carbocycles. The lowest BCUT2D eigenvalue weighted by molar-refractivity contribution is -0.134. The van der Waals surface area contributed by atoms with Crippen molar-refractivity contribution in [2.75, 3.05) is 27.2 Å². The number of hydrogen-bond acceptors (Lipinski definition) is 3. The fraction of sp³-hybridized carbons (Fsp3) is 0.478. The normalized spacial score (nSPS) is 16.9. The number of fused-ring (bicyclic) bond motifs is 1. The van der Waals surface area contributed by atoms with Crippen LogP contribution in [0.5, 0.6) is 0 Å². The van der Waals surface area contributed by atoms with E-state index in [-0.39, 0.29) is 30.6 Å². The minimum atomic E-state index is -0.118. The molecule has 3 amide bonds. The fourth-order valence-electron chi connectivity index (χ4n) is 3.82. The first-order chi connectivity index (χ1) is 13.8. The Hall–Kier alpha value is -2.34. The van der Waals surface area contributed by atoms with E-state index in [1.54, 1.807) is 35.2 Å². The van der Waals surface area contributed by atoms with Gasteiger partial charge in [0.2, 0.25) is 5.91 Å². The molecule has 0 bridgehead atoms. The summed E-state index contributed by atoms with van der Waals surface area (Å²) in [6.07, 6.45) is 1.68. The van der Waals surface area contributed by atoms with E-state index in [4.69, 9.17) is 0 Å². The Balaban J connectivity index is 1.91. The standard InChI is InChI=1S/C23H31N3O2S/c1-6-17(3)26(23(28)24(4)5)15-21(27)25-13-11-20-19(12-14-29-20)22(25)18-9-7-16(2)8-10-18/h7-10,12,14,17,22H,6,11,13,15H2,1-5H3/t17-,22-/m1/s1. The van der Waals surface area contributed by atoms with E-state index in [9.17, 15) is 9.59 Å². The number of hydrogen-bond donors (Lipinski definition) is 0. The second-order valence-corrected chi connectivity index (χ2v) is 9.01. The lowest BCUT2D eigenvalue weighted by Gasteiger charge is -2.39.